The summed E-state index contributed by atoms with van der Waals surface area (Å²) in [6.45, 7) is 5.12. The van der Waals surface area contributed by atoms with Gasteiger partial charge in [0.1, 0.15) is 5.75 Å². The van der Waals surface area contributed by atoms with Gasteiger partial charge in [0.05, 0.1) is 0 Å². The van der Waals surface area contributed by atoms with Gasteiger partial charge in [0.15, 0.2) is 0 Å². The van der Waals surface area contributed by atoms with Crippen LogP contribution in [0.2, 0.25) is 0 Å². The molecule has 1 unspecified atom stereocenters. The molecule has 0 radical (unpaired) electrons. The Hall–Kier alpha value is -0.670. The van der Waals surface area contributed by atoms with Crippen LogP contribution < -0.4 is 5.32 Å². The number of para-hydroxylation sites is 1. The Balaban J connectivity index is 2.26. The number of phenols is 1. The largest absolute Gasteiger partial charge is 0.508 e. The van der Waals surface area contributed by atoms with Crippen molar-refractivity contribution in [1.82, 2.24) is 5.32 Å². The Morgan fingerprint density at radius 1 is 1.38 bits per heavy atom. The van der Waals surface area contributed by atoms with Crippen molar-refractivity contribution in [1.29, 1.82) is 0 Å². The zero-order chi connectivity index (χ0) is 11.8. The summed E-state index contributed by atoms with van der Waals surface area (Å²) in [6, 6.07) is 7.98. The highest BCUT2D eigenvalue weighted by Crippen LogP contribution is 2.15. The van der Waals surface area contributed by atoms with Gasteiger partial charge in [0.25, 0.3) is 0 Å². The normalized spacial score (nSPS) is 12.6. The molecule has 0 aliphatic carbocycles. The van der Waals surface area contributed by atoms with E-state index in [2.05, 4.69) is 19.2 Å². The minimum atomic E-state index is 0.380. The molecule has 0 heterocycles. The third-order valence-electron chi connectivity index (χ3n) is 2.53. The Morgan fingerprint density at radius 2 is 2.12 bits per heavy atom. The van der Waals surface area contributed by atoms with E-state index >= 15 is 0 Å². The summed E-state index contributed by atoms with van der Waals surface area (Å²) in [5.41, 5.74) is 0.970. The van der Waals surface area contributed by atoms with E-state index in [9.17, 15) is 5.11 Å². The van der Waals surface area contributed by atoms with Gasteiger partial charge < -0.3 is 10.4 Å². The van der Waals surface area contributed by atoms with E-state index < -0.39 is 0 Å². The Kier molecular flexibility index (Phi) is 6.34. The Morgan fingerprint density at radius 3 is 2.81 bits per heavy atom. The second kappa shape index (κ2) is 7.58. The van der Waals surface area contributed by atoms with Crippen molar-refractivity contribution in [2.45, 2.75) is 32.9 Å². The number of hydrogen-bond acceptors (Lipinski definition) is 3. The lowest BCUT2D eigenvalue weighted by molar-refractivity contribution is 0.458. The summed E-state index contributed by atoms with van der Waals surface area (Å²) in [5.74, 6) is 2.77. The summed E-state index contributed by atoms with van der Waals surface area (Å²) >= 11 is 1.97. The van der Waals surface area contributed by atoms with Crippen molar-refractivity contribution in [3.63, 3.8) is 0 Å². The van der Waals surface area contributed by atoms with Crippen LogP contribution in [0.25, 0.3) is 0 Å². The lowest BCUT2D eigenvalue weighted by Gasteiger charge is -2.13. The van der Waals surface area contributed by atoms with Crippen molar-refractivity contribution in [2.24, 2.45) is 0 Å². The van der Waals surface area contributed by atoms with Crippen LogP contribution in [0.3, 0.4) is 0 Å². The molecule has 0 saturated carbocycles. The zero-order valence-corrected chi connectivity index (χ0v) is 10.9. The number of hydrogen-bond donors (Lipinski definition) is 2. The summed E-state index contributed by atoms with van der Waals surface area (Å²) in [7, 11) is 0. The predicted octanol–water partition coefficient (Wildman–Crippen LogP) is 3.01. The maximum atomic E-state index is 9.59. The molecule has 1 aromatic rings. The van der Waals surface area contributed by atoms with Crippen LogP contribution >= 0.6 is 11.8 Å². The Labute approximate surface area is 102 Å². The average molecular weight is 239 g/mol. The van der Waals surface area contributed by atoms with Gasteiger partial charge in [-0.15, -0.1) is 0 Å². The van der Waals surface area contributed by atoms with Crippen LogP contribution in [-0.4, -0.2) is 22.7 Å². The fraction of sp³-hybridized carbons (Fsp3) is 0.538. The average Bonchev–Trinajstić information content (AvgIpc) is 2.28. The molecule has 1 atom stereocenters. The lowest BCUT2D eigenvalue weighted by Crippen LogP contribution is -2.26. The molecule has 3 heteroatoms. The summed E-state index contributed by atoms with van der Waals surface area (Å²) in [6.07, 6.45) is 1.17. The molecule has 0 aliphatic heterocycles. The molecule has 16 heavy (non-hydrogen) atoms. The molecule has 2 nitrogen and oxygen atoms in total. The van der Waals surface area contributed by atoms with Gasteiger partial charge in [-0.1, -0.05) is 25.1 Å². The van der Waals surface area contributed by atoms with E-state index in [0.717, 1.165) is 12.1 Å². The van der Waals surface area contributed by atoms with Crippen LogP contribution in [0.15, 0.2) is 24.3 Å². The first-order chi connectivity index (χ1) is 7.74. The van der Waals surface area contributed by atoms with E-state index in [0.29, 0.717) is 11.8 Å². The maximum absolute atomic E-state index is 9.59. The molecule has 0 fully saturated rings. The molecular weight excluding hydrogens is 218 g/mol. The lowest BCUT2D eigenvalue weighted by atomic mass is 10.2. The molecule has 0 aliphatic rings. The fourth-order valence-corrected chi connectivity index (χ4v) is 2.26. The van der Waals surface area contributed by atoms with E-state index in [1.807, 2.05) is 30.0 Å². The SMILES string of the molecule is CCSCCC(C)NCc1ccccc1O. The van der Waals surface area contributed by atoms with Gasteiger partial charge in [0, 0.05) is 18.2 Å². The van der Waals surface area contributed by atoms with Crippen LogP contribution in [0.5, 0.6) is 5.75 Å². The molecule has 0 saturated heterocycles. The van der Waals surface area contributed by atoms with Crippen molar-refractivity contribution in [3.05, 3.63) is 29.8 Å². The van der Waals surface area contributed by atoms with Gasteiger partial charge in [-0.05, 0) is 30.9 Å². The van der Waals surface area contributed by atoms with Gasteiger partial charge in [-0.2, -0.15) is 11.8 Å². The molecule has 0 bridgehead atoms. The maximum Gasteiger partial charge on any atom is 0.120 e. The van der Waals surface area contributed by atoms with E-state index in [1.165, 1.54) is 17.9 Å². The van der Waals surface area contributed by atoms with Gasteiger partial charge in [-0.25, -0.2) is 0 Å². The third kappa shape index (κ3) is 4.90. The molecule has 1 aromatic carbocycles. The molecule has 0 spiro atoms. The predicted molar refractivity (Wildman–Crippen MR) is 72.0 cm³/mol. The van der Waals surface area contributed by atoms with Gasteiger partial charge in [0.2, 0.25) is 0 Å². The van der Waals surface area contributed by atoms with E-state index in [1.54, 1.807) is 6.07 Å². The standard InChI is InChI=1S/C13H21NOS/c1-3-16-9-8-11(2)14-10-12-6-4-5-7-13(12)15/h4-7,11,14-15H,3,8-10H2,1-2H3. The van der Waals surface area contributed by atoms with Crippen molar-refractivity contribution in [2.75, 3.05) is 11.5 Å². The first kappa shape index (κ1) is 13.4. The monoisotopic (exact) mass is 239 g/mol. The Bertz CT molecular complexity index is 304. The van der Waals surface area contributed by atoms with Crippen LogP contribution in [0.4, 0.5) is 0 Å². The van der Waals surface area contributed by atoms with E-state index in [-0.39, 0.29) is 0 Å². The molecule has 0 amide bonds. The molecule has 0 aromatic heterocycles. The molecule has 1 rings (SSSR count). The van der Waals surface area contributed by atoms with Crippen molar-refractivity contribution in [3.8, 4) is 5.75 Å². The van der Waals surface area contributed by atoms with Crippen molar-refractivity contribution < 1.29 is 5.11 Å². The number of aromatic hydroxyl groups is 1. The first-order valence-corrected chi connectivity index (χ1v) is 6.97. The van der Waals surface area contributed by atoms with Crippen LogP contribution in [0.1, 0.15) is 25.8 Å². The van der Waals surface area contributed by atoms with Gasteiger partial charge in [-0.3, -0.25) is 0 Å². The second-order valence-electron chi connectivity index (χ2n) is 3.90. The topological polar surface area (TPSA) is 32.3 Å². The smallest absolute Gasteiger partial charge is 0.120 e. The number of nitrogens with one attached hydrogen (secondary N) is 1. The second-order valence-corrected chi connectivity index (χ2v) is 5.29. The number of benzene rings is 1. The molecule has 90 valence electrons. The fourth-order valence-electron chi connectivity index (χ4n) is 1.45. The first-order valence-electron chi connectivity index (χ1n) is 5.82. The summed E-state index contributed by atoms with van der Waals surface area (Å²) < 4.78 is 0. The highest BCUT2D eigenvalue weighted by atomic mass is 32.2. The molecule has 2 N–H and O–H groups in total. The van der Waals surface area contributed by atoms with E-state index in [4.69, 9.17) is 0 Å². The van der Waals surface area contributed by atoms with Crippen LogP contribution in [-0.2, 0) is 6.54 Å². The zero-order valence-electron chi connectivity index (χ0n) is 10.1. The third-order valence-corrected chi connectivity index (χ3v) is 3.46. The summed E-state index contributed by atoms with van der Waals surface area (Å²) in [4.78, 5) is 0. The number of phenolic OH excluding ortho intramolecular Hbond substituents is 1. The minimum Gasteiger partial charge on any atom is -0.508 e. The highest BCUT2D eigenvalue weighted by Gasteiger charge is 2.03. The number of rotatable bonds is 7. The quantitative estimate of drug-likeness (QED) is 0.717. The highest BCUT2D eigenvalue weighted by molar-refractivity contribution is 7.99. The van der Waals surface area contributed by atoms with Gasteiger partial charge >= 0.3 is 0 Å². The van der Waals surface area contributed by atoms with Crippen LogP contribution in [0, 0.1) is 0 Å². The van der Waals surface area contributed by atoms with Crippen molar-refractivity contribution >= 4 is 11.8 Å². The minimum absolute atomic E-state index is 0.380. The summed E-state index contributed by atoms with van der Waals surface area (Å²) in [5, 5.41) is 13.0. The molecular formula is C13H21NOS. The number of thioether (sulfide) groups is 1.